The topological polar surface area (TPSA) is 59.1 Å². The Hall–Kier alpha value is -3.50. The van der Waals surface area contributed by atoms with Gasteiger partial charge >= 0.3 is 6.36 Å². The van der Waals surface area contributed by atoms with Crippen molar-refractivity contribution in [2.75, 3.05) is 17.7 Å². The third-order valence-electron chi connectivity index (χ3n) is 3.57. The Bertz CT molecular complexity index is 1020. The fraction of sp³-hybridized carbons (Fsp3) is 0.111. The van der Waals surface area contributed by atoms with Gasteiger partial charge < -0.3 is 15.4 Å². The van der Waals surface area contributed by atoms with Crippen LogP contribution in [0.3, 0.4) is 0 Å². The molecule has 3 rings (SSSR count). The standard InChI is InChI=1S/C18H12F6N4O/c1-25-17-26-14(9-3-2-4-11(5-9)29-18(22,23)24)8-15(28-17)27-16-12(20)6-10(19)7-13(16)21/h2-8H,1H3,(H2,25,26,27,28). The molecule has 11 heteroatoms. The number of nitrogens with zero attached hydrogens (tertiary/aromatic N) is 2. The summed E-state index contributed by atoms with van der Waals surface area (Å²) in [5.74, 6) is -3.99. The van der Waals surface area contributed by atoms with E-state index >= 15 is 0 Å². The number of nitrogens with one attached hydrogen (secondary N) is 2. The van der Waals surface area contributed by atoms with E-state index in [0.29, 0.717) is 12.1 Å². The zero-order valence-electron chi connectivity index (χ0n) is 14.6. The zero-order valence-corrected chi connectivity index (χ0v) is 14.6. The van der Waals surface area contributed by atoms with Crippen molar-refractivity contribution >= 4 is 17.5 Å². The Morgan fingerprint density at radius 3 is 2.24 bits per heavy atom. The first-order valence-electron chi connectivity index (χ1n) is 7.99. The van der Waals surface area contributed by atoms with Crippen molar-refractivity contribution in [2.24, 2.45) is 0 Å². The van der Waals surface area contributed by atoms with E-state index in [1.165, 1.54) is 25.2 Å². The lowest BCUT2D eigenvalue weighted by Gasteiger charge is -2.13. The molecule has 0 atom stereocenters. The fourth-order valence-electron chi connectivity index (χ4n) is 2.41. The molecule has 0 aliphatic carbocycles. The maximum atomic E-state index is 13.9. The molecule has 2 aromatic carbocycles. The quantitative estimate of drug-likeness (QED) is 0.559. The molecule has 152 valence electrons. The largest absolute Gasteiger partial charge is 0.573 e. The van der Waals surface area contributed by atoms with Crippen LogP contribution in [-0.4, -0.2) is 23.4 Å². The first kappa shape index (κ1) is 20.2. The van der Waals surface area contributed by atoms with Gasteiger partial charge in [-0.15, -0.1) is 13.2 Å². The van der Waals surface area contributed by atoms with Gasteiger partial charge in [-0.25, -0.2) is 18.2 Å². The predicted octanol–water partition coefficient (Wildman–Crippen LogP) is 5.24. The number of halogens is 6. The highest BCUT2D eigenvalue weighted by Crippen LogP contribution is 2.30. The summed E-state index contributed by atoms with van der Waals surface area (Å²) in [5, 5.41) is 5.02. The summed E-state index contributed by atoms with van der Waals surface area (Å²) in [5.41, 5.74) is -0.275. The number of aromatic nitrogens is 2. The van der Waals surface area contributed by atoms with Gasteiger partial charge in [0.25, 0.3) is 0 Å². The van der Waals surface area contributed by atoms with Crippen LogP contribution in [0.5, 0.6) is 5.75 Å². The van der Waals surface area contributed by atoms with E-state index in [0.717, 1.165) is 12.1 Å². The number of hydrogen-bond donors (Lipinski definition) is 2. The Morgan fingerprint density at radius 2 is 1.62 bits per heavy atom. The van der Waals surface area contributed by atoms with Crippen molar-refractivity contribution in [2.45, 2.75) is 6.36 Å². The fourth-order valence-corrected chi connectivity index (χ4v) is 2.41. The summed E-state index contributed by atoms with van der Waals surface area (Å²) in [7, 11) is 1.48. The van der Waals surface area contributed by atoms with Crippen molar-refractivity contribution in [1.29, 1.82) is 0 Å². The monoisotopic (exact) mass is 414 g/mol. The molecular weight excluding hydrogens is 402 g/mol. The van der Waals surface area contributed by atoms with Crippen LogP contribution in [0.2, 0.25) is 0 Å². The molecule has 0 amide bonds. The molecule has 0 fully saturated rings. The highest BCUT2D eigenvalue weighted by Gasteiger charge is 2.31. The highest BCUT2D eigenvalue weighted by molar-refractivity contribution is 5.68. The Morgan fingerprint density at radius 1 is 0.931 bits per heavy atom. The third kappa shape index (κ3) is 5.06. The molecular formula is C18H12F6N4O. The van der Waals surface area contributed by atoms with Gasteiger partial charge in [0.1, 0.15) is 23.1 Å². The number of rotatable bonds is 5. The summed E-state index contributed by atoms with van der Waals surface area (Å²) in [4.78, 5) is 8.10. The molecule has 0 saturated carbocycles. The molecule has 0 saturated heterocycles. The van der Waals surface area contributed by atoms with Crippen molar-refractivity contribution < 1.29 is 31.1 Å². The molecule has 3 aromatic rings. The third-order valence-corrected chi connectivity index (χ3v) is 3.57. The molecule has 0 radical (unpaired) electrons. The number of benzene rings is 2. The second-order valence-corrected chi connectivity index (χ2v) is 5.66. The summed E-state index contributed by atoms with van der Waals surface area (Å²) in [6, 6.07) is 7.24. The van der Waals surface area contributed by atoms with Gasteiger partial charge in [0.2, 0.25) is 5.95 Å². The van der Waals surface area contributed by atoms with Crippen molar-refractivity contribution in [3.63, 3.8) is 0 Å². The molecule has 0 spiro atoms. The molecule has 2 N–H and O–H groups in total. The molecule has 0 aliphatic rings. The maximum Gasteiger partial charge on any atom is 0.573 e. The predicted molar refractivity (Wildman–Crippen MR) is 93.3 cm³/mol. The van der Waals surface area contributed by atoms with Crippen LogP contribution in [0.1, 0.15) is 0 Å². The lowest BCUT2D eigenvalue weighted by molar-refractivity contribution is -0.274. The van der Waals surface area contributed by atoms with Gasteiger partial charge in [-0.1, -0.05) is 12.1 Å². The lowest BCUT2D eigenvalue weighted by Crippen LogP contribution is -2.17. The summed E-state index contributed by atoms with van der Waals surface area (Å²) in [6.45, 7) is 0. The Kier molecular flexibility index (Phi) is 5.48. The minimum Gasteiger partial charge on any atom is -0.406 e. The van der Waals surface area contributed by atoms with E-state index in [1.54, 1.807) is 0 Å². The minimum absolute atomic E-state index is 0.0232. The van der Waals surface area contributed by atoms with Gasteiger partial charge in [-0.3, -0.25) is 0 Å². The van der Waals surface area contributed by atoms with Crippen LogP contribution in [0.15, 0.2) is 42.5 Å². The second-order valence-electron chi connectivity index (χ2n) is 5.66. The first-order chi connectivity index (χ1) is 13.6. The summed E-state index contributed by atoms with van der Waals surface area (Å²) in [6.07, 6.45) is -4.87. The summed E-state index contributed by atoms with van der Waals surface area (Å²) >= 11 is 0. The van der Waals surface area contributed by atoms with Gasteiger partial charge in [-0.05, 0) is 12.1 Å². The normalized spacial score (nSPS) is 11.3. The van der Waals surface area contributed by atoms with Crippen molar-refractivity contribution in [1.82, 2.24) is 9.97 Å². The van der Waals surface area contributed by atoms with E-state index in [2.05, 4.69) is 25.3 Å². The zero-order chi connectivity index (χ0) is 21.2. The van der Waals surface area contributed by atoms with Crippen LogP contribution in [-0.2, 0) is 0 Å². The number of anilines is 3. The van der Waals surface area contributed by atoms with Crippen LogP contribution < -0.4 is 15.4 Å². The van der Waals surface area contributed by atoms with Gasteiger partial charge in [0.15, 0.2) is 11.6 Å². The molecule has 1 aromatic heterocycles. The van der Waals surface area contributed by atoms with Crippen molar-refractivity contribution in [3.05, 3.63) is 59.9 Å². The molecule has 1 heterocycles. The van der Waals surface area contributed by atoms with Crippen molar-refractivity contribution in [3.8, 4) is 17.0 Å². The molecule has 0 aliphatic heterocycles. The van der Waals surface area contributed by atoms with Crippen LogP contribution in [0.4, 0.5) is 43.8 Å². The smallest absolute Gasteiger partial charge is 0.406 e. The molecule has 29 heavy (non-hydrogen) atoms. The van der Waals surface area contributed by atoms with Crippen LogP contribution in [0.25, 0.3) is 11.3 Å². The van der Waals surface area contributed by atoms with E-state index in [4.69, 9.17) is 0 Å². The van der Waals surface area contributed by atoms with Gasteiger partial charge in [0, 0.05) is 30.8 Å². The van der Waals surface area contributed by atoms with E-state index in [1.807, 2.05) is 0 Å². The average Bonchev–Trinajstić information content (AvgIpc) is 2.63. The van der Waals surface area contributed by atoms with Crippen LogP contribution >= 0.6 is 0 Å². The van der Waals surface area contributed by atoms with Crippen LogP contribution in [0, 0.1) is 17.5 Å². The van der Waals surface area contributed by atoms with E-state index in [-0.39, 0.29) is 23.0 Å². The molecule has 5 nitrogen and oxygen atoms in total. The average molecular weight is 414 g/mol. The SMILES string of the molecule is CNc1nc(Nc2c(F)cc(F)cc2F)cc(-c2cccc(OC(F)(F)F)c2)n1. The van der Waals surface area contributed by atoms with E-state index in [9.17, 15) is 26.3 Å². The molecule has 0 unspecified atom stereocenters. The summed E-state index contributed by atoms with van der Waals surface area (Å²) < 4.78 is 82.0. The number of hydrogen-bond acceptors (Lipinski definition) is 5. The van der Waals surface area contributed by atoms with Gasteiger partial charge in [0.05, 0.1) is 5.69 Å². The number of alkyl halides is 3. The second kappa shape index (κ2) is 7.86. The highest BCUT2D eigenvalue weighted by atomic mass is 19.4. The Balaban J connectivity index is 1.99. The van der Waals surface area contributed by atoms with E-state index < -0.39 is 35.3 Å². The first-order valence-corrected chi connectivity index (χ1v) is 7.99. The Labute approximate surface area is 160 Å². The maximum absolute atomic E-state index is 13.9. The molecule has 0 bridgehead atoms. The lowest BCUT2D eigenvalue weighted by atomic mass is 10.1. The minimum atomic E-state index is -4.87. The van der Waals surface area contributed by atoms with Gasteiger partial charge in [-0.2, -0.15) is 4.98 Å². The number of ether oxygens (including phenoxy) is 1.